The standard InChI is InChI=1S/C8H13NO2/c1-11-8-4-2-7(3-5-8)9-6-10/h7-8H,2-5H2,1H3. The fourth-order valence-corrected chi connectivity index (χ4v) is 1.48. The number of methoxy groups -OCH3 is 1. The molecule has 0 saturated heterocycles. The second kappa shape index (κ2) is 4.27. The van der Waals surface area contributed by atoms with Crippen molar-refractivity contribution in [3.63, 3.8) is 0 Å². The van der Waals surface area contributed by atoms with Crippen LogP contribution >= 0.6 is 0 Å². The fourth-order valence-electron chi connectivity index (χ4n) is 1.48. The summed E-state index contributed by atoms with van der Waals surface area (Å²) in [6, 6.07) is 0.207. The van der Waals surface area contributed by atoms with E-state index in [0.717, 1.165) is 25.7 Å². The summed E-state index contributed by atoms with van der Waals surface area (Å²) in [5.74, 6) is 0. The van der Waals surface area contributed by atoms with Crippen LogP contribution in [0.15, 0.2) is 4.99 Å². The number of hydrogen-bond acceptors (Lipinski definition) is 3. The number of ether oxygens (including phenoxy) is 1. The van der Waals surface area contributed by atoms with Gasteiger partial charge in [0.15, 0.2) is 0 Å². The normalized spacial score (nSPS) is 31.0. The third-order valence-electron chi connectivity index (χ3n) is 2.21. The van der Waals surface area contributed by atoms with Crippen molar-refractivity contribution in [2.45, 2.75) is 37.8 Å². The Labute approximate surface area is 66.5 Å². The van der Waals surface area contributed by atoms with Crippen LogP contribution in [0.5, 0.6) is 0 Å². The monoisotopic (exact) mass is 155 g/mol. The van der Waals surface area contributed by atoms with E-state index in [1.807, 2.05) is 0 Å². The molecule has 62 valence electrons. The van der Waals surface area contributed by atoms with Gasteiger partial charge in [-0.05, 0) is 25.7 Å². The van der Waals surface area contributed by atoms with Crippen molar-refractivity contribution in [1.82, 2.24) is 0 Å². The first kappa shape index (κ1) is 8.44. The Balaban J connectivity index is 2.29. The van der Waals surface area contributed by atoms with Gasteiger partial charge >= 0.3 is 0 Å². The maximum Gasteiger partial charge on any atom is 0.235 e. The van der Waals surface area contributed by atoms with E-state index < -0.39 is 0 Å². The molecule has 3 nitrogen and oxygen atoms in total. The van der Waals surface area contributed by atoms with Crippen molar-refractivity contribution in [2.75, 3.05) is 7.11 Å². The van der Waals surface area contributed by atoms with E-state index in [1.54, 1.807) is 13.2 Å². The van der Waals surface area contributed by atoms with Crippen molar-refractivity contribution >= 4 is 6.08 Å². The Kier molecular flexibility index (Phi) is 3.27. The topological polar surface area (TPSA) is 38.7 Å². The molecule has 0 aromatic rings. The summed E-state index contributed by atoms with van der Waals surface area (Å²) >= 11 is 0. The van der Waals surface area contributed by atoms with Gasteiger partial charge in [-0.1, -0.05) is 0 Å². The zero-order valence-corrected chi connectivity index (χ0v) is 6.75. The molecule has 0 aromatic carbocycles. The highest BCUT2D eigenvalue weighted by Gasteiger charge is 2.19. The summed E-state index contributed by atoms with van der Waals surface area (Å²) < 4.78 is 5.18. The molecule has 1 saturated carbocycles. The maximum atomic E-state index is 9.90. The zero-order chi connectivity index (χ0) is 8.10. The van der Waals surface area contributed by atoms with Gasteiger partial charge in [-0.25, -0.2) is 9.79 Å². The van der Waals surface area contributed by atoms with Crippen molar-refractivity contribution in [2.24, 2.45) is 4.99 Å². The SMILES string of the molecule is COC1CCC(N=C=O)CC1. The maximum absolute atomic E-state index is 9.90. The van der Waals surface area contributed by atoms with Crippen LogP contribution in [0, 0.1) is 0 Å². The third kappa shape index (κ3) is 2.45. The Morgan fingerprint density at radius 2 is 2.00 bits per heavy atom. The van der Waals surface area contributed by atoms with Gasteiger partial charge in [0, 0.05) is 7.11 Å². The van der Waals surface area contributed by atoms with Gasteiger partial charge in [-0.3, -0.25) is 0 Å². The Morgan fingerprint density at radius 3 is 2.45 bits per heavy atom. The second-order valence-electron chi connectivity index (χ2n) is 2.89. The highest BCUT2D eigenvalue weighted by Crippen LogP contribution is 2.22. The fraction of sp³-hybridized carbons (Fsp3) is 0.875. The van der Waals surface area contributed by atoms with Gasteiger partial charge in [-0.15, -0.1) is 0 Å². The number of rotatable bonds is 2. The Morgan fingerprint density at radius 1 is 1.36 bits per heavy atom. The summed E-state index contributed by atoms with van der Waals surface area (Å²) in [7, 11) is 1.73. The molecular formula is C8H13NO2. The van der Waals surface area contributed by atoms with Crippen molar-refractivity contribution in [1.29, 1.82) is 0 Å². The lowest BCUT2D eigenvalue weighted by Gasteiger charge is -2.23. The lowest BCUT2D eigenvalue weighted by atomic mass is 9.93. The molecule has 1 rings (SSSR count). The summed E-state index contributed by atoms with van der Waals surface area (Å²) in [5.41, 5.74) is 0. The predicted octanol–water partition coefficient (Wildman–Crippen LogP) is 1.28. The molecule has 1 aliphatic rings. The molecule has 0 radical (unpaired) electrons. The van der Waals surface area contributed by atoms with E-state index >= 15 is 0 Å². The molecule has 0 unspecified atom stereocenters. The van der Waals surface area contributed by atoms with Crippen molar-refractivity contribution in [3.8, 4) is 0 Å². The number of carbonyl (C=O) groups excluding carboxylic acids is 1. The number of hydrogen-bond donors (Lipinski definition) is 0. The first-order valence-electron chi connectivity index (χ1n) is 3.96. The lowest BCUT2D eigenvalue weighted by Crippen LogP contribution is -2.22. The molecule has 3 heteroatoms. The van der Waals surface area contributed by atoms with E-state index in [4.69, 9.17) is 4.74 Å². The van der Waals surface area contributed by atoms with Crippen LogP contribution < -0.4 is 0 Å². The minimum absolute atomic E-state index is 0.207. The van der Waals surface area contributed by atoms with E-state index in [9.17, 15) is 4.79 Å². The molecule has 0 heterocycles. The summed E-state index contributed by atoms with van der Waals surface area (Å²) in [5, 5.41) is 0. The summed E-state index contributed by atoms with van der Waals surface area (Å²) in [6.07, 6.45) is 5.96. The summed E-state index contributed by atoms with van der Waals surface area (Å²) in [6.45, 7) is 0. The smallest absolute Gasteiger partial charge is 0.235 e. The third-order valence-corrected chi connectivity index (χ3v) is 2.21. The molecule has 0 atom stereocenters. The van der Waals surface area contributed by atoms with Crippen LogP contribution in [-0.4, -0.2) is 25.3 Å². The predicted molar refractivity (Wildman–Crippen MR) is 41.2 cm³/mol. The lowest BCUT2D eigenvalue weighted by molar-refractivity contribution is 0.0667. The molecular weight excluding hydrogens is 142 g/mol. The molecule has 0 aliphatic heterocycles. The van der Waals surface area contributed by atoms with E-state index in [2.05, 4.69) is 4.99 Å². The van der Waals surface area contributed by atoms with Gasteiger partial charge in [0.25, 0.3) is 0 Å². The van der Waals surface area contributed by atoms with Gasteiger partial charge in [-0.2, -0.15) is 0 Å². The average molecular weight is 155 g/mol. The minimum atomic E-state index is 0.207. The van der Waals surface area contributed by atoms with Crippen molar-refractivity contribution in [3.05, 3.63) is 0 Å². The van der Waals surface area contributed by atoms with Gasteiger partial charge in [0.1, 0.15) is 0 Å². The van der Waals surface area contributed by atoms with Crippen LogP contribution in [0.1, 0.15) is 25.7 Å². The quantitative estimate of drug-likeness (QED) is 0.445. The average Bonchev–Trinajstić information content (AvgIpc) is 2.07. The van der Waals surface area contributed by atoms with Gasteiger partial charge in [0.05, 0.1) is 12.1 Å². The van der Waals surface area contributed by atoms with E-state index in [0.29, 0.717) is 6.10 Å². The van der Waals surface area contributed by atoms with Crippen LogP contribution in [-0.2, 0) is 9.53 Å². The molecule has 1 fully saturated rings. The van der Waals surface area contributed by atoms with Crippen LogP contribution in [0.4, 0.5) is 0 Å². The second-order valence-corrected chi connectivity index (χ2v) is 2.89. The Hall–Kier alpha value is -0.660. The van der Waals surface area contributed by atoms with Crippen molar-refractivity contribution < 1.29 is 9.53 Å². The largest absolute Gasteiger partial charge is 0.381 e. The molecule has 11 heavy (non-hydrogen) atoms. The first-order valence-corrected chi connectivity index (χ1v) is 3.96. The van der Waals surface area contributed by atoms with Crippen LogP contribution in [0.3, 0.4) is 0 Å². The molecule has 0 spiro atoms. The molecule has 0 aromatic heterocycles. The van der Waals surface area contributed by atoms with Gasteiger partial charge < -0.3 is 4.74 Å². The molecule has 0 amide bonds. The summed E-state index contributed by atoms with van der Waals surface area (Å²) in [4.78, 5) is 13.6. The molecule has 0 N–H and O–H groups in total. The Bertz CT molecular complexity index is 155. The van der Waals surface area contributed by atoms with Crippen LogP contribution in [0.2, 0.25) is 0 Å². The highest BCUT2D eigenvalue weighted by atomic mass is 16.5. The highest BCUT2D eigenvalue weighted by molar-refractivity contribution is 5.33. The zero-order valence-electron chi connectivity index (χ0n) is 6.75. The van der Waals surface area contributed by atoms with E-state index in [1.165, 1.54) is 0 Å². The molecule has 1 aliphatic carbocycles. The van der Waals surface area contributed by atoms with E-state index in [-0.39, 0.29) is 6.04 Å². The molecule has 0 bridgehead atoms. The van der Waals surface area contributed by atoms with Gasteiger partial charge in [0.2, 0.25) is 6.08 Å². The number of nitrogens with zero attached hydrogens (tertiary/aromatic N) is 1. The van der Waals surface area contributed by atoms with Crippen LogP contribution in [0.25, 0.3) is 0 Å². The number of isocyanates is 1. The first-order chi connectivity index (χ1) is 5.36. The number of aliphatic imine (C=N–C) groups is 1. The minimum Gasteiger partial charge on any atom is -0.381 e.